The number of ether oxygens (including phenoxy) is 1. The summed E-state index contributed by atoms with van der Waals surface area (Å²) in [4.78, 5) is 23.9. The second kappa shape index (κ2) is 11.3. The number of hydrogen-bond donors (Lipinski definition) is 2. The number of carbonyl (C=O) groups excluding carboxylic acids is 1. The Balaban J connectivity index is 0.000000454. The molecule has 0 radical (unpaired) electrons. The van der Waals surface area contributed by atoms with Gasteiger partial charge in [-0.15, -0.1) is 0 Å². The molecule has 11 heteroatoms. The zero-order chi connectivity index (χ0) is 26.5. The predicted molar refractivity (Wildman–Crippen MR) is 126 cm³/mol. The summed E-state index contributed by atoms with van der Waals surface area (Å²) in [6.07, 6.45) is 2.37. The summed E-state index contributed by atoms with van der Waals surface area (Å²) in [7, 11) is 1.96. The van der Waals surface area contributed by atoms with Crippen molar-refractivity contribution in [2.24, 2.45) is 7.05 Å². The SMILES string of the molecule is CC(C)NC(=O)CC1CC2(CCN(Cc3cnn(C)c3)CC2)Oc2ccccc21.O=C(O)C(F)(F)F. The van der Waals surface area contributed by atoms with Gasteiger partial charge in [0.15, 0.2) is 0 Å². The first-order valence-electron chi connectivity index (χ1n) is 11.9. The highest BCUT2D eigenvalue weighted by Crippen LogP contribution is 2.46. The number of alkyl halides is 3. The number of aromatic nitrogens is 2. The van der Waals surface area contributed by atoms with Crippen LogP contribution in [0.1, 0.15) is 56.6 Å². The molecule has 36 heavy (non-hydrogen) atoms. The highest BCUT2D eigenvalue weighted by atomic mass is 19.4. The number of para-hydroxylation sites is 1. The molecular formula is C25H33F3N4O4. The summed E-state index contributed by atoms with van der Waals surface area (Å²) in [5, 5.41) is 14.5. The number of halogens is 3. The van der Waals surface area contributed by atoms with E-state index in [1.54, 1.807) is 0 Å². The van der Waals surface area contributed by atoms with Crippen molar-refractivity contribution >= 4 is 11.9 Å². The summed E-state index contributed by atoms with van der Waals surface area (Å²) >= 11 is 0. The topological polar surface area (TPSA) is 96.7 Å². The van der Waals surface area contributed by atoms with Crippen LogP contribution in [0.4, 0.5) is 13.2 Å². The number of benzene rings is 1. The van der Waals surface area contributed by atoms with Gasteiger partial charge >= 0.3 is 12.1 Å². The maximum atomic E-state index is 12.5. The van der Waals surface area contributed by atoms with E-state index >= 15 is 0 Å². The van der Waals surface area contributed by atoms with Crippen molar-refractivity contribution in [1.82, 2.24) is 20.0 Å². The van der Waals surface area contributed by atoms with E-state index in [9.17, 15) is 18.0 Å². The maximum Gasteiger partial charge on any atom is 0.490 e. The van der Waals surface area contributed by atoms with Crippen molar-refractivity contribution in [2.45, 2.75) is 69.8 Å². The van der Waals surface area contributed by atoms with Crippen LogP contribution in [-0.2, 0) is 23.2 Å². The molecule has 1 atom stereocenters. The first-order valence-corrected chi connectivity index (χ1v) is 11.9. The molecule has 4 rings (SSSR count). The maximum absolute atomic E-state index is 12.5. The van der Waals surface area contributed by atoms with Crippen molar-refractivity contribution in [1.29, 1.82) is 0 Å². The number of carboxylic acids is 1. The largest absolute Gasteiger partial charge is 0.490 e. The number of nitrogens with zero attached hydrogens (tertiary/aromatic N) is 3. The number of carbonyl (C=O) groups is 2. The fourth-order valence-corrected chi connectivity index (χ4v) is 4.77. The molecule has 0 aliphatic carbocycles. The van der Waals surface area contributed by atoms with E-state index in [1.165, 1.54) is 11.1 Å². The zero-order valence-corrected chi connectivity index (χ0v) is 20.7. The third-order valence-electron chi connectivity index (χ3n) is 6.36. The molecule has 198 valence electrons. The highest BCUT2D eigenvalue weighted by molar-refractivity contribution is 5.77. The van der Waals surface area contributed by atoms with Crippen LogP contribution in [0.2, 0.25) is 0 Å². The van der Waals surface area contributed by atoms with Gasteiger partial charge in [-0.2, -0.15) is 18.3 Å². The number of piperidine rings is 1. The third kappa shape index (κ3) is 7.46. The molecule has 3 heterocycles. The van der Waals surface area contributed by atoms with Crippen LogP contribution >= 0.6 is 0 Å². The van der Waals surface area contributed by atoms with Crippen molar-refractivity contribution < 1.29 is 32.6 Å². The Labute approximate surface area is 208 Å². The Morgan fingerprint density at radius 2 is 1.89 bits per heavy atom. The summed E-state index contributed by atoms with van der Waals surface area (Å²) in [5.41, 5.74) is 2.26. The average molecular weight is 511 g/mol. The molecular weight excluding hydrogens is 477 g/mol. The Hall–Kier alpha value is -3.08. The second-order valence-electron chi connectivity index (χ2n) is 9.75. The number of rotatable bonds is 5. The lowest BCUT2D eigenvalue weighted by Crippen LogP contribution is -2.50. The van der Waals surface area contributed by atoms with Crippen molar-refractivity contribution in [2.75, 3.05) is 13.1 Å². The lowest BCUT2D eigenvalue weighted by Gasteiger charge is -2.47. The van der Waals surface area contributed by atoms with E-state index in [-0.39, 0.29) is 23.5 Å². The zero-order valence-electron chi connectivity index (χ0n) is 20.7. The van der Waals surface area contributed by atoms with E-state index in [4.69, 9.17) is 14.6 Å². The van der Waals surface area contributed by atoms with Gasteiger partial charge in [0.05, 0.1) is 6.20 Å². The number of hydrogen-bond acceptors (Lipinski definition) is 5. The highest BCUT2D eigenvalue weighted by Gasteiger charge is 2.43. The van der Waals surface area contributed by atoms with E-state index in [0.29, 0.717) is 6.42 Å². The van der Waals surface area contributed by atoms with Gasteiger partial charge in [0.2, 0.25) is 5.91 Å². The van der Waals surface area contributed by atoms with Crippen molar-refractivity contribution in [3.63, 3.8) is 0 Å². The number of aliphatic carboxylic acids is 1. The van der Waals surface area contributed by atoms with Crippen molar-refractivity contribution in [3.8, 4) is 5.75 Å². The van der Waals surface area contributed by atoms with Crippen LogP contribution < -0.4 is 10.1 Å². The number of carboxylic acid groups (broad SMARTS) is 1. The molecule has 1 amide bonds. The van der Waals surface area contributed by atoms with Gasteiger partial charge in [0.1, 0.15) is 11.4 Å². The lowest BCUT2D eigenvalue weighted by molar-refractivity contribution is -0.192. The van der Waals surface area contributed by atoms with Crippen LogP contribution in [-0.4, -0.2) is 62.6 Å². The molecule has 2 aliphatic heterocycles. The summed E-state index contributed by atoms with van der Waals surface area (Å²) in [5.74, 6) is -1.45. The van der Waals surface area contributed by atoms with Crippen LogP contribution in [0.5, 0.6) is 5.75 Å². The third-order valence-corrected chi connectivity index (χ3v) is 6.36. The number of likely N-dealkylation sites (tertiary alicyclic amines) is 1. The van der Waals surface area contributed by atoms with Gasteiger partial charge in [-0.25, -0.2) is 4.79 Å². The number of aryl methyl sites for hydroxylation is 1. The fourth-order valence-electron chi connectivity index (χ4n) is 4.77. The molecule has 1 aromatic heterocycles. The minimum absolute atomic E-state index is 0.130. The number of amides is 1. The first-order chi connectivity index (χ1) is 16.9. The lowest BCUT2D eigenvalue weighted by atomic mass is 9.76. The van der Waals surface area contributed by atoms with E-state index < -0.39 is 12.1 Å². The van der Waals surface area contributed by atoms with Gasteiger partial charge in [-0.1, -0.05) is 18.2 Å². The standard InChI is InChI=1S/C23H32N4O2.C2HF3O2/c1-17(2)25-22(28)12-19-13-23(29-21-7-5-4-6-20(19)21)8-10-27(11-9-23)16-18-14-24-26(3)15-18;3-2(4,5)1(6)7/h4-7,14-15,17,19H,8-13,16H2,1-3H3,(H,25,28);(H,6,7). The smallest absolute Gasteiger partial charge is 0.487 e. The van der Waals surface area contributed by atoms with Crippen LogP contribution in [0.15, 0.2) is 36.7 Å². The fraction of sp³-hybridized carbons (Fsp3) is 0.560. The van der Waals surface area contributed by atoms with E-state index in [0.717, 1.165) is 44.6 Å². The summed E-state index contributed by atoms with van der Waals surface area (Å²) < 4.78 is 40.2. The second-order valence-corrected chi connectivity index (χ2v) is 9.75. The molecule has 1 saturated heterocycles. The molecule has 8 nitrogen and oxygen atoms in total. The first kappa shape index (κ1) is 27.5. The molecule has 2 aromatic rings. The van der Waals surface area contributed by atoms with Gasteiger partial charge in [0, 0.05) is 56.8 Å². The minimum atomic E-state index is -5.08. The Morgan fingerprint density at radius 1 is 1.25 bits per heavy atom. The Bertz CT molecular complexity index is 1050. The Morgan fingerprint density at radius 3 is 2.44 bits per heavy atom. The minimum Gasteiger partial charge on any atom is -0.487 e. The molecule has 1 spiro atoms. The normalized spacial score (nSPS) is 19.1. The molecule has 1 unspecified atom stereocenters. The summed E-state index contributed by atoms with van der Waals surface area (Å²) in [6.45, 7) is 6.95. The summed E-state index contributed by atoms with van der Waals surface area (Å²) in [6, 6.07) is 8.42. The predicted octanol–water partition coefficient (Wildman–Crippen LogP) is 3.87. The molecule has 2 N–H and O–H groups in total. The molecule has 0 saturated carbocycles. The molecule has 1 aromatic carbocycles. The average Bonchev–Trinajstić information content (AvgIpc) is 3.19. The van der Waals surface area contributed by atoms with E-state index in [2.05, 4.69) is 33.6 Å². The van der Waals surface area contributed by atoms with Gasteiger partial charge in [-0.05, 0) is 44.7 Å². The van der Waals surface area contributed by atoms with Crippen molar-refractivity contribution in [3.05, 3.63) is 47.8 Å². The van der Waals surface area contributed by atoms with Crippen LogP contribution in [0.3, 0.4) is 0 Å². The number of nitrogens with one attached hydrogen (secondary N) is 1. The molecule has 1 fully saturated rings. The van der Waals surface area contributed by atoms with Crippen LogP contribution in [0, 0.1) is 0 Å². The van der Waals surface area contributed by atoms with Gasteiger partial charge < -0.3 is 15.2 Å². The number of fused-ring (bicyclic) bond motifs is 1. The van der Waals surface area contributed by atoms with Gasteiger partial charge in [0.25, 0.3) is 0 Å². The van der Waals surface area contributed by atoms with Crippen LogP contribution in [0.25, 0.3) is 0 Å². The molecule has 0 bridgehead atoms. The monoisotopic (exact) mass is 510 g/mol. The quantitative estimate of drug-likeness (QED) is 0.634. The molecule has 2 aliphatic rings. The van der Waals surface area contributed by atoms with E-state index in [1.807, 2.05) is 43.9 Å². The Kier molecular flexibility index (Phi) is 8.65. The van der Waals surface area contributed by atoms with Gasteiger partial charge in [-0.3, -0.25) is 14.4 Å².